The van der Waals surface area contributed by atoms with Gasteiger partial charge in [-0.3, -0.25) is 0 Å². The molecule has 2 rings (SSSR count). The van der Waals surface area contributed by atoms with Crippen LogP contribution in [0.15, 0.2) is 23.6 Å². The summed E-state index contributed by atoms with van der Waals surface area (Å²) in [6.45, 7) is 2.75. The molecule has 0 aliphatic heterocycles. The van der Waals surface area contributed by atoms with Gasteiger partial charge in [-0.2, -0.15) is 5.26 Å². The maximum atomic E-state index is 9.01. The van der Waals surface area contributed by atoms with Gasteiger partial charge >= 0.3 is 0 Å². The minimum atomic E-state index is 0.574. The molecule has 4 nitrogen and oxygen atoms in total. The number of nitrogen functional groups attached to an aromatic ring is 1. The first-order valence-corrected chi connectivity index (χ1v) is 6.51. The quantitative estimate of drug-likeness (QED) is 0.826. The third-order valence-corrected chi connectivity index (χ3v) is 3.35. The van der Waals surface area contributed by atoms with Crippen molar-refractivity contribution in [2.75, 3.05) is 17.6 Å². The molecule has 0 saturated heterocycles. The Kier molecular flexibility index (Phi) is 3.80. The van der Waals surface area contributed by atoms with E-state index >= 15 is 0 Å². The average Bonchev–Trinajstić information content (AvgIpc) is 2.77. The lowest BCUT2D eigenvalue weighted by atomic mass is 10.1. The second-order valence-corrected chi connectivity index (χ2v) is 5.01. The molecule has 1 heterocycles. The smallest absolute Gasteiger partial charge is 0.101 e. The summed E-state index contributed by atoms with van der Waals surface area (Å²) in [6, 6.07) is 7.43. The number of hydrogen-bond donors (Lipinski definition) is 2. The van der Waals surface area contributed by atoms with Gasteiger partial charge in [-0.15, -0.1) is 11.3 Å². The standard InChI is InChI=1S/C13H14N4S/c1-9-17-12(8-18-9)4-5-16-13-3-2-11(15)6-10(13)7-14/h2-3,6,8,16H,4-5,15H2,1H3. The molecule has 0 aliphatic carbocycles. The van der Waals surface area contributed by atoms with Crippen LogP contribution in [-0.2, 0) is 6.42 Å². The van der Waals surface area contributed by atoms with Crippen LogP contribution in [0, 0.1) is 18.3 Å². The monoisotopic (exact) mass is 258 g/mol. The molecule has 3 N–H and O–H groups in total. The van der Waals surface area contributed by atoms with E-state index in [0.717, 1.165) is 29.4 Å². The predicted molar refractivity (Wildman–Crippen MR) is 74.6 cm³/mol. The normalized spacial score (nSPS) is 10.0. The van der Waals surface area contributed by atoms with Crippen molar-refractivity contribution in [2.45, 2.75) is 13.3 Å². The minimum Gasteiger partial charge on any atom is -0.399 e. The van der Waals surface area contributed by atoms with Crippen LogP contribution in [0.3, 0.4) is 0 Å². The molecule has 5 heteroatoms. The number of nitriles is 1. The van der Waals surface area contributed by atoms with Gasteiger partial charge in [0.1, 0.15) is 6.07 Å². The molecule has 0 unspecified atom stereocenters. The van der Waals surface area contributed by atoms with Gasteiger partial charge in [0.15, 0.2) is 0 Å². The third-order valence-electron chi connectivity index (χ3n) is 2.53. The second-order valence-electron chi connectivity index (χ2n) is 3.95. The van der Waals surface area contributed by atoms with Crippen molar-refractivity contribution >= 4 is 22.7 Å². The highest BCUT2D eigenvalue weighted by Crippen LogP contribution is 2.18. The fourth-order valence-corrected chi connectivity index (χ4v) is 2.30. The highest BCUT2D eigenvalue weighted by Gasteiger charge is 2.03. The summed E-state index contributed by atoms with van der Waals surface area (Å²) in [6.07, 6.45) is 0.847. The molecule has 1 aromatic heterocycles. The van der Waals surface area contributed by atoms with E-state index in [1.807, 2.05) is 13.0 Å². The average molecular weight is 258 g/mol. The molecular formula is C13H14N4S. The molecule has 0 aliphatic rings. The Morgan fingerprint density at radius 1 is 1.50 bits per heavy atom. The summed E-state index contributed by atoms with van der Waals surface area (Å²) in [7, 11) is 0. The lowest BCUT2D eigenvalue weighted by molar-refractivity contribution is 0.968. The fourth-order valence-electron chi connectivity index (χ4n) is 1.66. The van der Waals surface area contributed by atoms with Crippen molar-refractivity contribution in [3.05, 3.63) is 39.8 Å². The van der Waals surface area contributed by atoms with Gasteiger partial charge in [-0.25, -0.2) is 4.98 Å². The third kappa shape index (κ3) is 2.99. The zero-order valence-corrected chi connectivity index (χ0v) is 10.9. The first-order chi connectivity index (χ1) is 8.69. The van der Waals surface area contributed by atoms with Gasteiger partial charge in [0, 0.05) is 24.0 Å². The van der Waals surface area contributed by atoms with Crippen LogP contribution in [0.1, 0.15) is 16.3 Å². The SMILES string of the molecule is Cc1nc(CCNc2ccc(N)cc2C#N)cs1. The second kappa shape index (κ2) is 5.52. The maximum absolute atomic E-state index is 9.01. The molecule has 1 aromatic carbocycles. The van der Waals surface area contributed by atoms with E-state index in [-0.39, 0.29) is 0 Å². The van der Waals surface area contributed by atoms with Crippen LogP contribution in [-0.4, -0.2) is 11.5 Å². The summed E-state index contributed by atoms with van der Waals surface area (Å²) in [4.78, 5) is 4.39. The number of rotatable bonds is 4. The van der Waals surface area contributed by atoms with Crippen molar-refractivity contribution in [3.63, 3.8) is 0 Å². The predicted octanol–water partition coefficient (Wildman–Crippen LogP) is 2.56. The first-order valence-electron chi connectivity index (χ1n) is 5.63. The highest BCUT2D eigenvalue weighted by atomic mass is 32.1. The highest BCUT2D eigenvalue weighted by molar-refractivity contribution is 7.09. The molecule has 0 atom stereocenters. The van der Waals surface area contributed by atoms with Gasteiger partial charge in [0.05, 0.1) is 22.0 Å². The molecule has 92 valence electrons. The number of nitrogens with two attached hydrogens (primary N) is 1. The molecule has 0 spiro atoms. The fraction of sp³-hybridized carbons (Fsp3) is 0.231. The Morgan fingerprint density at radius 2 is 2.33 bits per heavy atom. The lowest BCUT2D eigenvalue weighted by Gasteiger charge is -2.07. The van der Waals surface area contributed by atoms with E-state index in [1.54, 1.807) is 23.5 Å². The maximum Gasteiger partial charge on any atom is 0.101 e. The zero-order valence-electron chi connectivity index (χ0n) is 10.1. The largest absolute Gasteiger partial charge is 0.399 e. The van der Waals surface area contributed by atoms with Gasteiger partial charge in [-0.1, -0.05) is 0 Å². The number of hydrogen-bond acceptors (Lipinski definition) is 5. The Morgan fingerprint density at radius 3 is 3.00 bits per heavy atom. The van der Waals surface area contributed by atoms with Crippen molar-refractivity contribution in [1.82, 2.24) is 4.98 Å². The van der Waals surface area contributed by atoms with E-state index < -0.39 is 0 Å². The molecule has 0 radical (unpaired) electrons. The van der Waals surface area contributed by atoms with Crippen molar-refractivity contribution < 1.29 is 0 Å². The van der Waals surface area contributed by atoms with Gasteiger partial charge < -0.3 is 11.1 Å². The van der Waals surface area contributed by atoms with Crippen LogP contribution in [0.4, 0.5) is 11.4 Å². The van der Waals surface area contributed by atoms with Crippen LogP contribution < -0.4 is 11.1 Å². The zero-order chi connectivity index (χ0) is 13.0. The molecule has 0 saturated carbocycles. The Hall–Kier alpha value is -2.06. The van der Waals surface area contributed by atoms with Crippen molar-refractivity contribution in [3.8, 4) is 6.07 Å². The number of nitrogens with one attached hydrogen (secondary N) is 1. The number of thiazole rings is 1. The van der Waals surface area contributed by atoms with E-state index in [9.17, 15) is 0 Å². The molecule has 18 heavy (non-hydrogen) atoms. The van der Waals surface area contributed by atoms with Crippen LogP contribution in [0.5, 0.6) is 0 Å². The van der Waals surface area contributed by atoms with Crippen molar-refractivity contribution in [1.29, 1.82) is 5.26 Å². The minimum absolute atomic E-state index is 0.574. The molecule has 2 aromatic rings. The Labute approximate surface area is 110 Å². The summed E-state index contributed by atoms with van der Waals surface area (Å²) in [5.41, 5.74) is 8.72. The summed E-state index contributed by atoms with van der Waals surface area (Å²) in [5, 5.41) is 15.4. The van der Waals surface area contributed by atoms with E-state index in [4.69, 9.17) is 11.0 Å². The van der Waals surface area contributed by atoms with Gasteiger partial charge in [0.2, 0.25) is 0 Å². The Bertz CT molecular complexity index is 583. The van der Waals surface area contributed by atoms with Crippen LogP contribution in [0.25, 0.3) is 0 Å². The number of benzene rings is 1. The topological polar surface area (TPSA) is 74.7 Å². The molecule has 0 bridgehead atoms. The number of nitrogens with zero attached hydrogens (tertiary/aromatic N) is 2. The first kappa shape index (κ1) is 12.4. The van der Waals surface area contributed by atoms with Gasteiger partial charge in [0.25, 0.3) is 0 Å². The van der Waals surface area contributed by atoms with Crippen molar-refractivity contribution in [2.24, 2.45) is 0 Å². The van der Waals surface area contributed by atoms with Crippen LogP contribution in [0.2, 0.25) is 0 Å². The van der Waals surface area contributed by atoms with E-state index in [0.29, 0.717) is 11.3 Å². The number of aromatic nitrogens is 1. The van der Waals surface area contributed by atoms with E-state index in [1.165, 1.54) is 0 Å². The number of aryl methyl sites for hydroxylation is 1. The molecule has 0 amide bonds. The molecule has 0 fully saturated rings. The van der Waals surface area contributed by atoms with Crippen LogP contribution >= 0.6 is 11.3 Å². The summed E-state index contributed by atoms with van der Waals surface area (Å²) >= 11 is 1.65. The van der Waals surface area contributed by atoms with E-state index in [2.05, 4.69) is 21.8 Å². The Balaban J connectivity index is 1.96. The lowest BCUT2D eigenvalue weighted by Crippen LogP contribution is -2.06. The molecular weight excluding hydrogens is 244 g/mol. The summed E-state index contributed by atoms with van der Waals surface area (Å²) in [5.74, 6) is 0. The summed E-state index contributed by atoms with van der Waals surface area (Å²) < 4.78 is 0. The number of anilines is 2. The van der Waals surface area contributed by atoms with Gasteiger partial charge in [-0.05, 0) is 25.1 Å².